The molecule has 1 saturated carbocycles. The number of carbonyl (C=O) groups excluding carboxylic acids is 2. The minimum atomic E-state index is -0.0258. The highest BCUT2D eigenvalue weighted by atomic mass is 16.2. The van der Waals surface area contributed by atoms with Crippen molar-refractivity contribution >= 4 is 17.6 Å². The summed E-state index contributed by atoms with van der Waals surface area (Å²) in [5.41, 5.74) is 0.988. The molecule has 7 nitrogen and oxygen atoms in total. The van der Waals surface area contributed by atoms with Crippen molar-refractivity contribution in [2.75, 3.05) is 44.6 Å². The van der Waals surface area contributed by atoms with Gasteiger partial charge in [-0.1, -0.05) is 0 Å². The number of pyridine rings is 1. The number of urea groups is 1. The summed E-state index contributed by atoms with van der Waals surface area (Å²) in [5, 5.41) is 6.24. The molecule has 0 bridgehead atoms. The maximum atomic E-state index is 12.3. The van der Waals surface area contributed by atoms with Crippen LogP contribution in [0.3, 0.4) is 0 Å². The third-order valence-electron chi connectivity index (χ3n) is 4.64. The molecule has 3 rings (SSSR count). The van der Waals surface area contributed by atoms with E-state index in [0.717, 1.165) is 44.5 Å². The molecular weight excluding hydrogens is 318 g/mol. The van der Waals surface area contributed by atoms with Crippen molar-refractivity contribution in [3.05, 3.63) is 24.5 Å². The maximum Gasteiger partial charge on any atom is 0.317 e. The van der Waals surface area contributed by atoms with E-state index in [-0.39, 0.29) is 17.9 Å². The van der Waals surface area contributed by atoms with Gasteiger partial charge in [0.25, 0.3) is 0 Å². The molecule has 0 unspecified atom stereocenters. The molecule has 0 spiro atoms. The fourth-order valence-electron chi connectivity index (χ4n) is 3.02. The molecule has 1 aliphatic carbocycles. The molecule has 1 aromatic heterocycles. The van der Waals surface area contributed by atoms with Crippen LogP contribution in [0.15, 0.2) is 24.5 Å². The van der Waals surface area contributed by atoms with Crippen LogP contribution in [0.25, 0.3) is 0 Å². The van der Waals surface area contributed by atoms with Gasteiger partial charge in [-0.05, 0) is 37.8 Å². The molecule has 0 aromatic carbocycles. The van der Waals surface area contributed by atoms with Gasteiger partial charge in [0.05, 0.1) is 5.69 Å². The fraction of sp³-hybridized carbons (Fsp3) is 0.611. The Bertz CT molecular complexity index is 576. The third-order valence-corrected chi connectivity index (χ3v) is 4.64. The van der Waals surface area contributed by atoms with E-state index >= 15 is 0 Å². The van der Waals surface area contributed by atoms with Crippen molar-refractivity contribution in [3.8, 4) is 0 Å². The van der Waals surface area contributed by atoms with E-state index in [2.05, 4.69) is 15.6 Å². The molecule has 0 radical (unpaired) electrons. The predicted octanol–water partition coefficient (Wildman–Crippen LogP) is 1.54. The molecule has 7 heteroatoms. The summed E-state index contributed by atoms with van der Waals surface area (Å²) < 4.78 is 0. The number of rotatable bonds is 6. The molecule has 2 fully saturated rings. The Labute approximate surface area is 148 Å². The smallest absolute Gasteiger partial charge is 0.317 e. The number of hydrogen-bond donors (Lipinski definition) is 2. The van der Waals surface area contributed by atoms with Crippen LogP contribution in [0.4, 0.5) is 10.5 Å². The fourth-order valence-corrected chi connectivity index (χ4v) is 3.02. The summed E-state index contributed by atoms with van der Waals surface area (Å²) >= 11 is 0. The van der Waals surface area contributed by atoms with Gasteiger partial charge in [-0.15, -0.1) is 0 Å². The van der Waals surface area contributed by atoms with Crippen LogP contribution in [0.5, 0.6) is 0 Å². The van der Waals surface area contributed by atoms with Crippen LogP contribution in [-0.4, -0.2) is 66.0 Å². The normalized spacial score (nSPS) is 17.8. The van der Waals surface area contributed by atoms with Gasteiger partial charge in [0.15, 0.2) is 0 Å². The van der Waals surface area contributed by atoms with Crippen molar-refractivity contribution in [1.29, 1.82) is 0 Å². The summed E-state index contributed by atoms with van der Waals surface area (Å²) in [7, 11) is 0. The SMILES string of the molecule is O=C(NCCCNc1cccnc1)N1CCCN(C(=O)C2CC2)CC1. The van der Waals surface area contributed by atoms with Crippen LogP contribution in [0.2, 0.25) is 0 Å². The summed E-state index contributed by atoms with van der Waals surface area (Å²) in [5.74, 6) is 0.538. The zero-order chi connectivity index (χ0) is 17.5. The summed E-state index contributed by atoms with van der Waals surface area (Å²) in [6.45, 7) is 4.19. The van der Waals surface area contributed by atoms with Crippen molar-refractivity contribution in [3.63, 3.8) is 0 Å². The summed E-state index contributed by atoms with van der Waals surface area (Å²) in [6.07, 6.45) is 7.30. The second-order valence-electron chi connectivity index (χ2n) is 6.69. The van der Waals surface area contributed by atoms with E-state index < -0.39 is 0 Å². The van der Waals surface area contributed by atoms with Gasteiger partial charge in [-0.2, -0.15) is 0 Å². The lowest BCUT2D eigenvalue weighted by molar-refractivity contribution is -0.132. The van der Waals surface area contributed by atoms with Gasteiger partial charge in [-0.3, -0.25) is 9.78 Å². The monoisotopic (exact) mass is 345 g/mol. The molecule has 1 aromatic rings. The Morgan fingerprint density at radius 1 is 1.12 bits per heavy atom. The first-order valence-electron chi connectivity index (χ1n) is 9.19. The molecular formula is C18H27N5O2. The Morgan fingerprint density at radius 3 is 2.68 bits per heavy atom. The minimum absolute atomic E-state index is 0.0258. The lowest BCUT2D eigenvalue weighted by Crippen LogP contribution is -2.43. The van der Waals surface area contributed by atoms with Crippen LogP contribution >= 0.6 is 0 Å². The molecule has 136 valence electrons. The van der Waals surface area contributed by atoms with Gasteiger partial charge in [0.2, 0.25) is 5.91 Å². The average molecular weight is 345 g/mol. The Balaban J connectivity index is 1.32. The van der Waals surface area contributed by atoms with Crippen LogP contribution < -0.4 is 10.6 Å². The Kier molecular flexibility index (Phi) is 6.09. The molecule has 2 heterocycles. The Hall–Kier alpha value is -2.31. The summed E-state index contributed by atoms with van der Waals surface area (Å²) in [6, 6.07) is 3.83. The lowest BCUT2D eigenvalue weighted by atomic mass is 10.3. The second-order valence-corrected chi connectivity index (χ2v) is 6.69. The first-order valence-corrected chi connectivity index (χ1v) is 9.19. The number of carbonyl (C=O) groups is 2. The predicted molar refractivity (Wildman–Crippen MR) is 96.2 cm³/mol. The second kappa shape index (κ2) is 8.69. The number of aromatic nitrogens is 1. The van der Waals surface area contributed by atoms with Crippen molar-refractivity contribution in [2.45, 2.75) is 25.7 Å². The van der Waals surface area contributed by atoms with Gasteiger partial charge in [0, 0.05) is 57.6 Å². The van der Waals surface area contributed by atoms with Gasteiger partial charge >= 0.3 is 6.03 Å². The highest BCUT2D eigenvalue weighted by molar-refractivity contribution is 5.81. The van der Waals surface area contributed by atoms with Crippen molar-refractivity contribution in [1.82, 2.24) is 20.1 Å². The van der Waals surface area contributed by atoms with Crippen molar-refractivity contribution in [2.24, 2.45) is 5.92 Å². The Morgan fingerprint density at radius 2 is 1.92 bits per heavy atom. The van der Waals surface area contributed by atoms with Crippen LogP contribution in [-0.2, 0) is 4.79 Å². The first-order chi connectivity index (χ1) is 12.2. The van der Waals surface area contributed by atoms with Crippen molar-refractivity contribution < 1.29 is 9.59 Å². The minimum Gasteiger partial charge on any atom is -0.384 e. The number of amides is 3. The molecule has 1 saturated heterocycles. The topological polar surface area (TPSA) is 77.6 Å². The zero-order valence-corrected chi connectivity index (χ0v) is 14.6. The van der Waals surface area contributed by atoms with Gasteiger partial charge < -0.3 is 20.4 Å². The highest BCUT2D eigenvalue weighted by Gasteiger charge is 2.34. The third kappa shape index (κ3) is 5.34. The molecule has 0 atom stereocenters. The maximum absolute atomic E-state index is 12.3. The molecule has 1 aliphatic heterocycles. The van der Waals surface area contributed by atoms with Crippen LogP contribution in [0.1, 0.15) is 25.7 Å². The van der Waals surface area contributed by atoms with E-state index in [4.69, 9.17) is 0 Å². The lowest BCUT2D eigenvalue weighted by Gasteiger charge is -2.22. The number of hydrogen-bond acceptors (Lipinski definition) is 4. The standard InChI is InChI=1S/C18H27N5O2/c24-17(15-5-6-15)22-10-3-11-23(13-12-22)18(25)21-9-2-8-20-16-4-1-7-19-14-16/h1,4,7,14-15,20H,2-3,5-6,8-13H2,(H,21,25). The quantitative estimate of drug-likeness (QED) is 0.767. The molecule has 3 amide bonds. The largest absolute Gasteiger partial charge is 0.384 e. The molecule has 25 heavy (non-hydrogen) atoms. The summed E-state index contributed by atoms with van der Waals surface area (Å²) in [4.78, 5) is 32.2. The van der Waals surface area contributed by atoms with Gasteiger partial charge in [0.1, 0.15) is 0 Å². The molecule has 2 aliphatic rings. The van der Waals surface area contributed by atoms with E-state index in [1.165, 1.54) is 0 Å². The van der Waals surface area contributed by atoms with Crippen LogP contribution in [0, 0.1) is 5.92 Å². The number of anilines is 1. The highest BCUT2D eigenvalue weighted by Crippen LogP contribution is 2.31. The number of nitrogens with one attached hydrogen (secondary N) is 2. The molecule has 2 N–H and O–H groups in total. The first kappa shape index (κ1) is 17.5. The average Bonchev–Trinajstić information content (AvgIpc) is 3.48. The zero-order valence-electron chi connectivity index (χ0n) is 14.6. The van der Waals surface area contributed by atoms with Gasteiger partial charge in [-0.25, -0.2) is 4.79 Å². The van der Waals surface area contributed by atoms with E-state index in [1.807, 2.05) is 21.9 Å². The van der Waals surface area contributed by atoms with E-state index in [9.17, 15) is 9.59 Å². The number of nitrogens with zero attached hydrogens (tertiary/aromatic N) is 3. The van der Waals surface area contributed by atoms with E-state index in [0.29, 0.717) is 26.2 Å². The van der Waals surface area contributed by atoms with E-state index in [1.54, 1.807) is 12.4 Å².